The summed E-state index contributed by atoms with van der Waals surface area (Å²) in [5.41, 5.74) is 0. The van der Waals surface area contributed by atoms with Gasteiger partial charge in [-0.05, 0) is 19.3 Å². The molecule has 0 saturated carbocycles. The Morgan fingerprint density at radius 2 is 1.04 bits per heavy atom. The van der Waals surface area contributed by atoms with E-state index in [1.165, 1.54) is 122 Å². The number of amides is 1. The van der Waals surface area contributed by atoms with Crippen LogP contribution in [-0.2, 0) is 73.5 Å². The summed E-state index contributed by atoms with van der Waals surface area (Å²) in [5, 5.41) is 0. The van der Waals surface area contributed by atoms with Gasteiger partial charge in [0.25, 0.3) is 0 Å². The number of carbonyl (C=O) groups excluding carboxylic acids is 6. The Bertz CT molecular complexity index is 1160. The van der Waals surface area contributed by atoms with Crippen LogP contribution in [0.25, 0.3) is 0 Å². The van der Waals surface area contributed by atoms with Gasteiger partial charge in [-0.2, -0.15) is 6.42 Å². The zero-order valence-corrected chi connectivity index (χ0v) is 50.0. The Labute approximate surface area is 448 Å². The number of likely N-dealkylation sites (tertiary alicyclic amines) is 1. The standard InChI is InChI=1S/C24H39NO6.2C10H19O2.C9H17O.U.W/c1-6-7-8-9-10-11-12-19(3)29-16-18(2)13-24(28)30-17-22-14-23(31-21(5)27)15-25(22)20(4)26;2*1-3-4-5-6-7-8-9-12-10(2)11;1-2-3-4-5-6-7-8-9-10;;/h18,22-23H,2-3,5-17H2,1,4H3;2*2-9H2,1H3;2-8H2,1H3;;/q-2;3*-1;+2;. The average molecular weight is 1340 g/mol. The van der Waals surface area contributed by atoms with Crippen molar-refractivity contribution in [1.29, 1.82) is 0 Å². The Hall–Kier alpha value is -2.09. The summed E-state index contributed by atoms with van der Waals surface area (Å²) in [6.07, 6.45) is 32.8. The maximum atomic E-state index is 12.1. The number of ether oxygens (including phenoxy) is 5. The molecule has 1 amide bonds. The molecule has 0 aromatic carbocycles. The quantitative estimate of drug-likeness (QED) is 0.0194. The van der Waals surface area contributed by atoms with Crippen LogP contribution in [0.3, 0.4) is 0 Å². The molecule has 1 rings (SSSR count). The maximum absolute atomic E-state index is 12.1. The van der Waals surface area contributed by atoms with Crippen molar-refractivity contribution in [2.24, 2.45) is 5.92 Å². The number of hydrogen-bond donors (Lipinski definition) is 0. The first kappa shape index (κ1) is 73.9. The van der Waals surface area contributed by atoms with Crippen molar-refractivity contribution in [2.75, 3.05) is 33.0 Å². The van der Waals surface area contributed by atoms with Gasteiger partial charge >= 0.3 is 37.1 Å². The van der Waals surface area contributed by atoms with Gasteiger partial charge in [0.15, 0.2) is 17.9 Å². The third-order valence-corrected chi connectivity index (χ3v) is 10.5. The van der Waals surface area contributed by atoms with E-state index in [1.807, 2.05) is 6.29 Å². The van der Waals surface area contributed by atoms with E-state index in [2.05, 4.69) is 62.0 Å². The molecule has 1 heterocycles. The topological polar surface area (TPSA) is 152 Å². The molecule has 1 aliphatic rings. The van der Waals surface area contributed by atoms with Gasteiger partial charge in [0.2, 0.25) is 5.91 Å². The van der Waals surface area contributed by atoms with E-state index < -0.39 is 30.0 Å². The summed E-state index contributed by atoms with van der Waals surface area (Å²) in [4.78, 5) is 66.8. The molecule has 67 heavy (non-hydrogen) atoms. The van der Waals surface area contributed by atoms with Crippen LogP contribution in [0.5, 0.6) is 0 Å². The van der Waals surface area contributed by atoms with Crippen molar-refractivity contribution in [3.05, 3.63) is 40.0 Å². The molecule has 0 aromatic heterocycles. The molecule has 0 radical (unpaired) electrons. The molecule has 0 N–H and O–H groups in total. The smallest absolute Gasteiger partial charge is 0.542 e. The van der Waals surface area contributed by atoms with Gasteiger partial charge in [0, 0.05) is 47.3 Å². The number of esters is 4. The number of rotatable bonds is 36. The van der Waals surface area contributed by atoms with Crippen LogP contribution in [0.4, 0.5) is 0 Å². The predicted octanol–water partition coefficient (Wildman–Crippen LogP) is 12.3. The molecule has 0 spiro atoms. The van der Waals surface area contributed by atoms with Gasteiger partial charge in [-0.15, -0.1) is 5.92 Å². The minimum Gasteiger partial charge on any atom is -0.542 e. The van der Waals surface area contributed by atoms with Gasteiger partial charge < -0.3 is 40.3 Å². The van der Waals surface area contributed by atoms with E-state index in [4.69, 9.17) is 23.7 Å². The third kappa shape index (κ3) is 58.1. The van der Waals surface area contributed by atoms with Crippen LogP contribution < -0.4 is 0 Å². The van der Waals surface area contributed by atoms with Crippen molar-refractivity contribution >= 4 is 36.1 Å². The fourth-order valence-electron chi connectivity index (χ4n) is 6.76. The van der Waals surface area contributed by atoms with Gasteiger partial charge in [-0.1, -0.05) is 169 Å². The Balaban J connectivity index is -0.000000293. The summed E-state index contributed by atoms with van der Waals surface area (Å²) in [6.45, 7) is 29.3. The molecule has 3 unspecified atom stereocenters. The molecule has 1 saturated heterocycles. The molecule has 14 heteroatoms. The van der Waals surface area contributed by atoms with Gasteiger partial charge in [0.05, 0.1) is 38.2 Å². The number of hydrogen-bond acceptors (Lipinski definition) is 11. The van der Waals surface area contributed by atoms with E-state index in [0.29, 0.717) is 32.7 Å². The predicted molar refractivity (Wildman–Crippen MR) is 262 cm³/mol. The summed E-state index contributed by atoms with van der Waals surface area (Å²) >= 11 is 0. The molecule has 1 aliphatic heterocycles. The van der Waals surface area contributed by atoms with Crippen molar-refractivity contribution in [3.63, 3.8) is 0 Å². The molecule has 390 valence electrons. The Morgan fingerprint density at radius 3 is 1.45 bits per heavy atom. The molecule has 12 nitrogen and oxygen atoms in total. The number of carbonyl (C=O) groups is 5. The van der Waals surface area contributed by atoms with Crippen LogP contribution in [0.1, 0.15) is 214 Å². The second-order valence-corrected chi connectivity index (χ2v) is 16.9. The fourth-order valence-corrected chi connectivity index (χ4v) is 6.76. The fraction of sp³-hybridized carbons (Fsp3) is 0.774. The summed E-state index contributed by atoms with van der Waals surface area (Å²) in [7, 11) is 0. The summed E-state index contributed by atoms with van der Waals surface area (Å²) in [5.74, 6) is -1.54. The van der Waals surface area contributed by atoms with Crippen LogP contribution in [0.2, 0.25) is 0 Å². The minimum absolute atomic E-state index is 0. The van der Waals surface area contributed by atoms with Gasteiger partial charge in [-0.3, -0.25) is 51.0 Å². The van der Waals surface area contributed by atoms with E-state index in [9.17, 15) is 28.8 Å². The largest absolute Gasteiger partial charge is 2.00 e. The first-order valence-electron chi connectivity index (χ1n) is 25.1. The Morgan fingerprint density at radius 1 is 0.627 bits per heavy atom. The van der Waals surface area contributed by atoms with Crippen LogP contribution in [0, 0.1) is 64.7 Å². The molecular formula is C53H94NO11UW-3. The summed E-state index contributed by atoms with van der Waals surface area (Å²) in [6, 6.07) is -0.317. The normalized spacial score (nSPS) is 13.7. The van der Waals surface area contributed by atoms with Crippen LogP contribution in [-0.4, -0.2) is 86.1 Å². The van der Waals surface area contributed by atoms with Crippen molar-refractivity contribution in [1.82, 2.24) is 4.90 Å². The van der Waals surface area contributed by atoms with E-state index in [1.54, 1.807) is 4.90 Å². The zero-order chi connectivity index (χ0) is 49.4. The number of allylic oxidation sites excluding steroid dienone is 1. The van der Waals surface area contributed by atoms with E-state index in [0.717, 1.165) is 50.7 Å². The number of unbranched alkanes of at least 4 members (excludes halogenated alkanes) is 21. The molecule has 1 fully saturated rings. The van der Waals surface area contributed by atoms with Crippen LogP contribution >= 0.6 is 0 Å². The van der Waals surface area contributed by atoms with Crippen molar-refractivity contribution in [2.45, 2.75) is 227 Å². The van der Waals surface area contributed by atoms with Crippen molar-refractivity contribution in [3.8, 4) is 0 Å². The molecule has 0 aliphatic carbocycles. The molecule has 3 atom stereocenters. The molecule has 0 aromatic rings. The molecular weight excluding hydrogens is 1250 g/mol. The number of nitrogens with zero attached hydrogens (tertiary/aromatic N) is 1. The Kier molecular flexibility index (Phi) is 62.3. The average Bonchev–Trinajstić information content (AvgIpc) is 3.67. The third-order valence-electron chi connectivity index (χ3n) is 10.5. The van der Waals surface area contributed by atoms with Gasteiger partial charge in [-0.25, -0.2) is 0 Å². The van der Waals surface area contributed by atoms with Crippen LogP contribution in [0.15, 0.2) is 12.3 Å². The van der Waals surface area contributed by atoms with Gasteiger partial charge in [0.1, 0.15) is 12.7 Å². The second-order valence-electron chi connectivity index (χ2n) is 16.9. The first-order valence-corrected chi connectivity index (χ1v) is 25.1. The molecule has 0 bridgehead atoms. The van der Waals surface area contributed by atoms with E-state index in [-0.39, 0.29) is 89.6 Å². The van der Waals surface area contributed by atoms with Crippen molar-refractivity contribution < 1.29 is 105 Å². The minimum atomic E-state index is -0.635. The SMILES string of the molecule is C=C(CCCCCCCC)OCC([CH2-])CC(=O)OCC1CC(OC([CH2-])=O)CN1C(C)=O.CCCCCCCC[C-]=O.[CH2-]C(=O)OCCCCCCCC.[CH2-]C(=O)OCCCCCCCC.[U+2].[W]. The summed E-state index contributed by atoms with van der Waals surface area (Å²) < 4.78 is 25.5. The first-order chi connectivity index (χ1) is 31.2. The monoisotopic (exact) mass is 1340 g/mol. The maximum Gasteiger partial charge on any atom is 2.00 e. The second kappa shape index (κ2) is 56.5. The van der Waals surface area contributed by atoms with E-state index >= 15 is 0 Å². The zero-order valence-electron chi connectivity index (χ0n) is 42.9.